The molecule has 4 N–H and O–H groups in total. The molecule has 3 aromatic rings. The number of aromatic hydroxyl groups is 1. The van der Waals surface area contributed by atoms with Crippen LogP contribution in [0.1, 0.15) is 18.2 Å². The molecule has 2 saturated heterocycles. The van der Waals surface area contributed by atoms with E-state index < -0.39 is 6.23 Å². The van der Waals surface area contributed by atoms with Crippen LogP contribution in [0.15, 0.2) is 72.8 Å². The Bertz CT molecular complexity index is 1120. The Hall–Kier alpha value is -3.39. The number of fused-ring (bicyclic) bond motifs is 2. The number of carbonyl (C=O) groups excluding carboxylic acids is 1. The summed E-state index contributed by atoms with van der Waals surface area (Å²) in [7, 11) is 0. The number of aliphatic hydroxyl groups excluding tert-OH is 1. The maximum atomic E-state index is 12.5. The molecule has 3 aromatic carbocycles. The van der Waals surface area contributed by atoms with Crippen molar-refractivity contribution >= 4 is 17.3 Å². The summed E-state index contributed by atoms with van der Waals surface area (Å²) in [5.41, 5.74) is 3.77. The Balaban J connectivity index is 1.21. The second kappa shape index (κ2) is 9.23. The molecule has 2 aliphatic heterocycles. The van der Waals surface area contributed by atoms with Crippen LogP contribution in [0.5, 0.6) is 5.75 Å². The van der Waals surface area contributed by atoms with Gasteiger partial charge in [0, 0.05) is 23.8 Å². The molecule has 7 heteroatoms. The monoisotopic (exact) mass is 445 g/mol. The number of phenolic OH excluding ortho intramolecular Hbond substituents is 1. The summed E-state index contributed by atoms with van der Waals surface area (Å²) in [4.78, 5) is 14.6. The van der Waals surface area contributed by atoms with Gasteiger partial charge in [0.15, 0.2) is 6.23 Å². The van der Waals surface area contributed by atoms with Crippen molar-refractivity contribution in [3.05, 3.63) is 78.4 Å². The molecule has 2 heterocycles. The van der Waals surface area contributed by atoms with Gasteiger partial charge in [0.25, 0.3) is 0 Å². The topological polar surface area (TPSA) is 94.1 Å². The van der Waals surface area contributed by atoms with Crippen LogP contribution in [0.4, 0.5) is 11.4 Å². The van der Waals surface area contributed by atoms with Crippen LogP contribution in [0.3, 0.4) is 0 Å². The van der Waals surface area contributed by atoms with Crippen molar-refractivity contribution in [3.63, 3.8) is 0 Å². The van der Waals surface area contributed by atoms with Crippen molar-refractivity contribution in [1.29, 1.82) is 0 Å². The highest BCUT2D eigenvalue weighted by Crippen LogP contribution is 2.30. The normalized spacial score (nSPS) is 20.5. The molecule has 33 heavy (non-hydrogen) atoms. The number of likely N-dealkylation sites (tertiary alicyclic amines) is 1. The number of nitrogens with zero attached hydrogens (tertiary/aromatic N) is 1. The van der Waals surface area contributed by atoms with Gasteiger partial charge in [-0.05, 0) is 35.7 Å². The molecule has 170 valence electrons. The summed E-state index contributed by atoms with van der Waals surface area (Å²) in [5, 5.41) is 26.7. The summed E-state index contributed by atoms with van der Waals surface area (Å²) in [6, 6.07) is 22.8. The molecule has 5 rings (SSSR count). The number of morpholine rings is 1. The van der Waals surface area contributed by atoms with Crippen molar-refractivity contribution in [2.75, 3.05) is 30.3 Å². The number of phenols is 1. The lowest BCUT2D eigenvalue weighted by atomic mass is 10.0. The fourth-order valence-corrected chi connectivity index (χ4v) is 4.50. The minimum absolute atomic E-state index is 0.0260. The Kier molecular flexibility index (Phi) is 6.00. The highest BCUT2D eigenvalue weighted by molar-refractivity contribution is 5.94. The largest absolute Gasteiger partial charge is 0.506 e. The lowest BCUT2D eigenvalue weighted by Crippen LogP contribution is -2.41. The van der Waals surface area contributed by atoms with Gasteiger partial charge in [-0.2, -0.15) is 0 Å². The molecular formula is C26H27N3O4. The molecule has 2 fully saturated rings. The van der Waals surface area contributed by atoms with Gasteiger partial charge in [-0.15, -0.1) is 0 Å². The minimum Gasteiger partial charge on any atom is -0.506 e. The van der Waals surface area contributed by atoms with E-state index in [2.05, 4.69) is 15.5 Å². The first kappa shape index (κ1) is 21.5. The number of nitrogens with one attached hydrogen (secondary N) is 2. The predicted molar refractivity (Wildman–Crippen MR) is 127 cm³/mol. The average molecular weight is 446 g/mol. The Morgan fingerprint density at radius 3 is 2.52 bits per heavy atom. The molecule has 7 nitrogen and oxygen atoms in total. The van der Waals surface area contributed by atoms with Crippen molar-refractivity contribution in [3.8, 4) is 16.9 Å². The number of ether oxygens (including phenoxy) is 1. The van der Waals surface area contributed by atoms with Gasteiger partial charge in [-0.3, -0.25) is 9.69 Å². The molecule has 3 atom stereocenters. The van der Waals surface area contributed by atoms with Crippen molar-refractivity contribution < 1.29 is 19.7 Å². The maximum Gasteiger partial charge on any atom is 0.238 e. The average Bonchev–Trinajstić information content (AvgIpc) is 3.45. The van der Waals surface area contributed by atoms with Crippen LogP contribution >= 0.6 is 0 Å². The lowest BCUT2D eigenvalue weighted by molar-refractivity contribution is -0.118. The van der Waals surface area contributed by atoms with E-state index in [1.54, 1.807) is 12.1 Å². The third kappa shape index (κ3) is 4.85. The second-order valence-corrected chi connectivity index (χ2v) is 8.59. The molecule has 0 radical (unpaired) electrons. The quantitative estimate of drug-likeness (QED) is 0.252. The number of rotatable bonds is 7. The molecule has 3 unspecified atom stereocenters. The number of carbonyl (C=O) groups is 1. The first-order valence-corrected chi connectivity index (χ1v) is 11.1. The Labute approximate surface area is 192 Å². The fourth-order valence-electron chi connectivity index (χ4n) is 4.50. The van der Waals surface area contributed by atoms with Crippen molar-refractivity contribution in [2.24, 2.45) is 0 Å². The van der Waals surface area contributed by atoms with Crippen LogP contribution in [0, 0.1) is 0 Å². The number of benzene rings is 3. The van der Waals surface area contributed by atoms with Gasteiger partial charge in [0.2, 0.25) is 5.91 Å². The van der Waals surface area contributed by atoms with Gasteiger partial charge < -0.3 is 25.6 Å². The van der Waals surface area contributed by atoms with E-state index in [9.17, 15) is 15.0 Å². The van der Waals surface area contributed by atoms with E-state index in [-0.39, 0.29) is 24.3 Å². The first-order valence-electron chi connectivity index (χ1n) is 11.1. The summed E-state index contributed by atoms with van der Waals surface area (Å²) in [6.07, 6.45) is 0.261. The van der Waals surface area contributed by atoms with Gasteiger partial charge in [0.1, 0.15) is 5.75 Å². The molecule has 0 spiro atoms. The second-order valence-electron chi connectivity index (χ2n) is 8.59. The fraction of sp³-hybridized carbons (Fsp3) is 0.269. The minimum atomic E-state index is -0.942. The molecule has 2 aliphatic rings. The summed E-state index contributed by atoms with van der Waals surface area (Å²) in [5.74, 6) is -0.214. The zero-order valence-corrected chi connectivity index (χ0v) is 18.1. The number of hydrogen-bond donors (Lipinski definition) is 4. The van der Waals surface area contributed by atoms with Crippen molar-refractivity contribution in [1.82, 2.24) is 4.90 Å². The van der Waals surface area contributed by atoms with Crippen LogP contribution in [0.25, 0.3) is 11.1 Å². The van der Waals surface area contributed by atoms with Gasteiger partial charge in [-0.1, -0.05) is 54.6 Å². The third-order valence-electron chi connectivity index (χ3n) is 6.27. The summed E-state index contributed by atoms with van der Waals surface area (Å²) < 4.78 is 5.57. The third-order valence-corrected chi connectivity index (χ3v) is 6.27. The van der Waals surface area contributed by atoms with Crippen LogP contribution in [0.2, 0.25) is 0 Å². The van der Waals surface area contributed by atoms with Gasteiger partial charge in [-0.25, -0.2) is 0 Å². The van der Waals surface area contributed by atoms with E-state index in [4.69, 9.17) is 4.74 Å². The van der Waals surface area contributed by atoms with Gasteiger partial charge >= 0.3 is 0 Å². The van der Waals surface area contributed by atoms with Crippen LogP contribution < -0.4 is 10.6 Å². The Morgan fingerprint density at radius 2 is 1.82 bits per heavy atom. The van der Waals surface area contributed by atoms with Crippen LogP contribution in [-0.2, 0) is 9.53 Å². The Morgan fingerprint density at radius 1 is 1.06 bits per heavy atom. The maximum absolute atomic E-state index is 12.5. The van der Waals surface area contributed by atoms with E-state index in [0.717, 1.165) is 24.1 Å². The standard InChI is InChI=1S/C26H27N3O4/c30-24-11-10-20(12-23(24)28-25(31)15-29-14-22-13-21(29)16-33-22)27-26(32)19-8-6-18(7-9-19)17-4-2-1-3-5-17/h1-12,21-22,26-27,30,32H,13-16H2,(H,28,31). The van der Waals surface area contributed by atoms with Gasteiger partial charge in [0.05, 0.1) is 24.9 Å². The molecule has 2 bridgehead atoms. The molecular weight excluding hydrogens is 418 g/mol. The number of aliphatic hydroxyl groups is 1. The number of hydrogen-bond acceptors (Lipinski definition) is 6. The smallest absolute Gasteiger partial charge is 0.238 e. The molecule has 0 aromatic heterocycles. The number of amides is 1. The van der Waals surface area contributed by atoms with Crippen molar-refractivity contribution in [2.45, 2.75) is 24.8 Å². The first-order chi connectivity index (χ1) is 16.0. The highest BCUT2D eigenvalue weighted by atomic mass is 16.5. The molecule has 0 saturated carbocycles. The molecule has 0 aliphatic carbocycles. The van der Waals surface area contributed by atoms with E-state index in [1.165, 1.54) is 6.07 Å². The summed E-state index contributed by atoms with van der Waals surface area (Å²) >= 11 is 0. The molecule has 1 amide bonds. The predicted octanol–water partition coefficient (Wildman–Crippen LogP) is 3.57. The van der Waals surface area contributed by atoms with E-state index in [0.29, 0.717) is 29.6 Å². The lowest BCUT2D eigenvalue weighted by Gasteiger charge is -2.25. The number of anilines is 2. The summed E-state index contributed by atoms with van der Waals surface area (Å²) in [6.45, 7) is 1.70. The zero-order chi connectivity index (χ0) is 22.8. The van der Waals surface area contributed by atoms with E-state index >= 15 is 0 Å². The zero-order valence-electron chi connectivity index (χ0n) is 18.1. The van der Waals surface area contributed by atoms with Crippen LogP contribution in [-0.4, -0.2) is 52.9 Å². The SMILES string of the molecule is O=C(CN1CC2CC1CO2)Nc1cc(NC(O)c2ccc(-c3ccccc3)cc2)ccc1O. The highest BCUT2D eigenvalue weighted by Gasteiger charge is 2.39. The van der Waals surface area contributed by atoms with E-state index in [1.807, 2.05) is 54.6 Å².